The predicted octanol–water partition coefficient (Wildman–Crippen LogP) is 2.58. The molecule has 2 aromatic carbocycles. The molecule has 4 rings (SSSR count). The molecule has 1 aromatic heterocycles. The molecule has 2 N–H and O–H groups in total. The summed E-state index contributed by atoms with van der Waals surface area (Å²) in [5.41, 5.74) is 2.34. The monoisotopic (exact) mass is 339 g/mol. The Morgan fingerprint density at radius 3 is 2.72 bits per heavy atom. The van der Waals surface area contributed by atoms with E-state index in [1.807, 2.05) is 12.1 Å². The largest absolute Gasteiger partial charge is 0.504 e. The van der Waals surface area contributed by atoms with Crippen molar-refractivity contribution in [3.8, 4) is 11.5 Å². The van der Waals surface area contributed by atoms with Gasteiger partial charge >= 0.3 is 0 Å². The quantitative estimate of drug-likeness (QED) is 0.763. The zero-order valence-electron chi connectivity index (χ0n) is 13.2. The van der Waals surface area contributed by atoms with E-state index >= 15 is 0 Å². The number of nitrogens with one attached hydrogen (secondary N) is 1. The first-order valence-electron chi connectivity index (χ1n) is 7.55. The van der Waals surface area contributed by atoms with Gasteiger partial charge in [-0.15, -0.1) is 0 Å². The fraction of sp³-hybridized carbons (Fsp3) is 0.118. The standard InChI is InChI=1S/C17H14FN5O2/c1-25-16-7-4-11(8-15(16)24)14-9-13(10-2-5-12(18)6-3-10)19-17-20-21-22-23(14)17/h2-9,14,24H,1H3,(H,19,20,22). The smallest absolute Gasteiger partial charge is 0.248 e. The Balaban J connectivity index is 1.79. The van der Waals surface area contributed by atoms with Crippen molar-refractivity contribution in [2.24, 2.45) is 0 Å². The van der Waals surface area contributed by atoms with E-state index in [4.69, 9.17) is 4.74 Å². The van der Waals surface area contributed by atoms with Gasteiger partial charge in [0.25, 0.3) is 0 Å². The van der Waals surface area contributed by atoms with Crippen molar-refractivity contribution in [1.29, 1.82) is 0 Å². The van der Waals surface area contributed by atoms with E-state index in [2.05, 4.69) is 20.8 Å². The summed E-state index contributed by atoms with van der Waals surface area (Å²) in [6.45, 7) is 0. The number of ether oxygens (including phenoxy) is 1. The SMILES string of the molecule is COc1ccc(C2C=C(c3ccc(F)cc3)Nc3nnnn32)cc1O. The molecule has 0 aliphatic carbocycles. The molecule has 0 saturated heterocycles. The lowest BCUT2D eigenvalue weighted by Crippen LogP contribution is -2.20. The van der Waals surface area contributed by atoms with Crippen LogP contribution in [-0.4, -0.2) is 32.4 Å². The second-order valence-electron chi connectivity index (χ2n) is 5.54. The highest BCUT2D eigenvalue weighted by molar-refractivity contribution is 5.77. The van der Waals surface area contributed by atoms with Gasteiger partial charge in [-0.1, -0.05) is 11.2 Å². The van der Waals surface area contributed by atoms with Crippen LogP contribution in [0.4, 0.5) is 10.3 Å². The van der Waals surface area contributed by atoms with Gasteiger partial charge in [0.05, 0.1) is 7.11 Å². The molecule has 2 heterocycles. The van der Waals surface area contributed by atoms with E-state index in [0.29, 0.717) is 11.7 Å². The van der Waals surface area contributed by atoms with Gasteiger partial charge in [0.15, 0.2) is 11.5 Å². The number of phenolic OH excluding ortho intramolecular Hbond substituents is 1. The van der Waals surface area contributed by atoms with Gasteiger partial charge < -0.3 is 15.2 Å². The molecule has 25 heavy (non-hydrogen) atoms. The maximum atomic E-state index is 13.2. The van der Waals surface area contributed by atoms with Crippen LogP contribution < -0.4 is 10.1 Å². The van der Waals surface area contributed by atoms with Gasteiger partial charge in [0, 0.05) is 5.70 Å². The number of aromatic nitrogens is 4. The Bertz CT molecular complexity index is 952. The third kappa shape index (κ3) is 2.67. The molecule has 0 spiro atoms. The Morgan fingerprint density at radius 1 is 1.20 bits per heavy atom. The van der Waals surface area contributed by atoms with E-state index < -0.39 is 0 Å². The van der Waals surface area contributed by atoms with Crippen molar-refractivity contribution in [3.63, 3.8) is 0 Å². The van der Waals surface area contributed by atoms with Crippen molar-refractivity contribution in [2.45, 2.75) is 6.04 Å². The lowest BCUT2D eigenvalue weighted by atomic mass is 10.0. The van der Waals surface area contributed by atoms with Gasteiger partial charge in [0.2, 0.25) is 5.95 Å². The fourth-order valence-electron chi connectivity index (χ4n) is 2.78. The van der Waals surface area contributed by atoms with E-state index in [9.17, 15) is 9.50 Å². The Kier molecular flexibility index (Phi) is 3.57. The highest BCUT2D eigenvalue weighted by atomic mass is 19.1. The summed E-state index contributed by atoms with van der Waals surface area (Å²) >= 11 is 0. The van der Waals surface area contributed by atoms with Gasteiger partial charge in [-0.05, 0) is 64.0 Å². The number of anilines is 1. The van der Waals surface area contributed by atoms with E-state index in [1.54, 1.807) is 28.9 Å². The predicted molar refractivity (Wildman–Crippen MR) is 88.6 cm³/mol. The Labute approximate surface area is 142 Å². The first kappa shape index (κ1) is 15.1. The topological polar surface area (TPSA) is 85.1 Å². The van der Waals surface area contributed by atoms with E-state index in [-0.39, 0.29) is 17.6 Å². The van der Waals surface area contributed by atoms with E-state index in [0.717, 1.165) is 16.8 Å². The summed E-state index contributed by atoms with van der Waals surface area (Å²) in [5, 5.41) is 24.9. The average Bonchev–Trinajstić information content (AvgIpc) is 3.10. The Hall–Kier alpha value is -3.42. The van der Waals surface area contributed by atoms with Crippen LogP contribution in [-0.2, 0) is 0 Å². The van der Waals surface area contributed by atoms with Crippen LogP contribution in [0.15, 0.2) is 48.5 Å². The molecule has 1 unspecified atom stereocenters. The number of methoxy groups -OCH3 is 1. The van der Waals surface area contributed by atoms with Gasteiger partial charge in [0.1, 0.15) is 11.9 Å². The number of allylic oxidation sites excluding steroid dienone is 1. The van der Waals surface area contributed by atoms with Crippen molar-refractivity contribution < 1.29 is 14.2 Å². The minimum absolute atomic E-state index is 0.0323. The normalized spacial score (nSPS) is 15.9. The number of benzene rings is 2. The molecule has 3 aromatic rings. The highest BCUT2D eigenvalue weighted by Gasteiger charge is 2.25. The van der Waals surface area contributed by atoms with Gasteiger partial charge in [-0.3, -0.25) is 0 Å². The minimum atomic E-state index is -0.330. The minimum Gasteiger partial charge on any atom is -0.504 e. The third-order valence-electron chi connectivity index (χ3n) is 4.03. The molecule has 1 aliphatic rings. The second-order valence-corrected chi connectivity index (χ2v) is 5.54. The number of nitrogens with zero attached hydrogens (tertiary/aromatic N) is 4. The van der Waals surface area contributed by atoms with Gasteiger partial charge in [-0.25, -0.2) is 4.39 Å². The maximum absolute atomic E-state index is 13.2. The number of phenols is 1. The summed E-state index contributed by atoms with van der Waals surface area (Å²) in [5.74, 6) is 0.575. The van der Waals surface area contributed by atoms with Crippen LogP contribution in [0.5, 0.6) is 11.5 Å². The summed E-state index contributed by atoms with van der Waals surface area (Å²) in [4.78, 5) is 0. The lowest BCUT2D eigenvalue weighted by Gasteiger charge is -2.23. The molecule has 0 radical (unpaired) electrons. The molecule has 0 saturated carbocycles. The molecule has 1 atom stereocenters. The third-order valence-corrected chi connectivity index (χ3v) is 4.03. The summed E-state index contributed by atoms with van der Waals surface area (Å²) in [6, 6.07) is 10.9. The highest BCUT2D eigenvalue weighted by Crippen LogP contribution is 2.35. The molecular weight excluding hydrogens is 325 g/mol. The lowest BCUT2D eigenvalue weighted by molar-refractivity contribution is 0.372. The first-order valence-corrected chi connectivity index (χ1v) is 7.55. The molecule has 0 bridgehead atoms. The average molecular weight is 339 g/mol. The van der Waals surface area contributed by atoms with Crippen LogP contribution >= 0.6 is 0 Å². The van der Waals surface area contributed by atoms with Crippen molar-refractivity contribution in [3.05, 3.63) is 65.5 Å². The molecule has 0 amide bonds. The molecule has 126 valence electrons. The van der Waals surface area contributed by atoms with E-state index in [1.165, 1.54) is 19.2 Å². The van der Waals surface area contributed by atoms with Crippen molar-refractivity contribution >= 4 is 11.6 Å². The van der Waals surface area contributed by atoms with Crippen molar-refractivity contribution in [2.75, 3.05) is 12.4 Å². The summed E-state index contributed by atoms with van der Waals surface area (Å²) < 4.78 is 19.9. The molecular formula is C17H14FN5O2. The number of hydrogen-bond acceptors (Lipinski definition) is 6. The van der Waals surface area contributed by atoms with Crippen LogP contribution in [0.2, 0.25) is 0 Å². The van der Waals surface area contributed by atoms with Crippen LogP contribution in [0, 0.1) is 5.82 Å². The molecule has 1 aliphatic heterocycles. The number of hydrogen-bond donors (Lipinski definition) is 2. The molecule has 7 nitrogen and oxygen atoms in total. The zero-order valence-corrected chi connectivity index (χ0v) is 13.2. The van der Waals surface area contributed by atoms with Crippen molar-refractivity contribution in [1.82, 2.24) is 20.2 Å². The number of fused-ring (bicyclic) bond motifs is 1. The summed E-state index contributed by atoms with van der Waals surface area (Å²) in [6.07, 6.45) is 1.91. The van der Waals surface area contributed by atoms with Gasteiger partial charge in [-0.2, -0.15) is 4.68 Å². The number of halogens is 1. The molecule has 0 fully saturated rings. The number of aromatic hydroxyl groups is 1. The summed E-state index contributed by atoms with van der Waals surface area (Å²) in [7, 11) is 1.49. The molecule has 8 heteroatoms. The van der Waals surface area contributed by atoms with Crippen LogP contribution in [0.3, 0.4) is 0 Å². The zero-order chi connectivity index (χ0) is 17.4. The number of tetrazole rings is 1. The fourth-order valence-corrected chi connectivity index (χ4v) is 2.78. The second kappa shape index (κ2) is 5.90. The van der Waals surface area contributed by atoms with Crippen LogP contribution in [0.25, 0.3) is 5.70 Å². The Morgan fingerprint density at radius 2 is 2.00 bits per heavy atom. The maximum Gasteiger partial charge on any atom is 0.248 e. The first-order chi connectivity index (χ1) is 12.2. The number of rotatable bonds is 3. The van der Waals surface area contributed by atoms with Crippen LogP contribution in [0.1, 0.15) is 17.2 Å².